The standard InChI is InChI=1S/C45H33N5/c1-2-4-12-40-36(8-3-1)27-39-44(50-41-13-6-5-11-38(41)45(39)49-40)33-16-14-30(15-17-33)34-9-7-10-35(26-34)37-28-42(31-18-22-46-23-19-31)48-43(29-37)32-20-24-47-25-21-32/h1-2,4-7,9-26,28-29,36H,3,8,27H2. The average molecular weight is 644 g/mol. The van der Waals surface area contributed by atoms with Crippen molar-refractivity contribution in [2.24, 2.45) is 10.9 Å². The molecule has 1 unspecified atom stereocenters. The van der Waals surface area contributed by atoms with E-state index in [1.807, 2.05) is 24.3 Å². The summed E-state index contributed by atoms with van der Waals surface area (Å²) in [4.78, 5) is 24.0. The lowest BCUT2D eigenvalue weighted by atomic mass is 9.83. The highest BCUT2D eigenvalue weighted by atomic mass is 14.8. The molecule has 1 atom stereocenters. The summed E-state index contributed by atoms with van der Waals surface area (Å²) >= 11 is 0. The third-order valence-electron chi connectivity index (χ3n) is 9.73. The van der Waals surface area contributed by atoms with Gasteiger partial charge in [0.15, 0.2) is 0 Å². The van der Waals surface area contributed by atoms with Gasteiger partial charge in [-0.15, -0.1) is 0 Å². The van der Waals surface area contributed by atoms with Gasteiger partial charge in [0.1, 0.15) is 0 Å². The highest BCUT2D eigenvalue weighted by molar-refractivity contribution is 6.06. The Bertz CT molecular complexity index is 2390. The Kier molecular flexibility index (Phi) is 7.71. The van der Waals surface area contributed by atoms with Crippen LogP contribution in [0, 0.1) is 5.92 Å². The molecule has 0 N–H and O–H groups in total. The third kappa shape index (κ3) is 5.73. The molecule has 3 aromatic carbocycles. The molecule has 0 bridgehead atoms. The number of rotatable bonds is 5. The van der Waals surface area contributed by atoms with E-state index in [0.717, 1.165) is 91.9 Å². The minimum atomic E-state index is 0.388. The molecular weight excluding hydrogens is 611 g/mol. The molecule has 4 aromatic heterocycles. The molecule has 5 heteroatoms. The quantitative estimate of drug-likeness (QED) is 0.187. The van der Waals surface area contributed by atoms with E-state index in [1.165, 1.54) is 11.3 Å². The van der Waals surface area contributed by atoms with Crippen LogP contribution >= 0.6 is 0 Å². The van der Waals surface area contributed by atoms with Crippen molar-refractivity contribution in [3.05, 3.63) is 164 Å². The zero-order valence-corrected chi connectivity index (χ0v) is 27.4. The zero-order chi connectivity index (χ0) is 33.3. The number of nitrogens with zero attached hydrogens (tertiary/aromatic N) is 5. The molecule has 1 aliphatic carbocycles. The predicted molar refractivity (Wildman–Crippen MR) is 204 cm³/mol. The van der Waals surface area contributed by atoms with Crippen LogP contribution in [0.15, 0.2) is 163 Å². The minimum absolute atomic E-state index is 0.388. The van der Waals surface area contributed by atoms with E-state index in [4.69, 9.17) is 15.0 Å². The molecule has 50 heavy (non-hydrogen) atoms. The van der Waals surface area contributed by atoms with E-state index in [2.05, 4.69) is 119 Å². The Balaban J connectivity index is 1.09. The van der Waals surface area contributed by atoms with Crippen molar-refractivity contribution in [3.8, 4) is 56.0 Å². The number of aliphatic imine (C=N–C) groups is 1. The van der Waals surface area contributed by atoms with Crippen molar-refractivity contribution in [2.75, 3.05) is 0 Å². The van der Waals surface area contributed by atoms with Crippen LogP contribution in [0.3, 0.4) is 0 Å². The second-order valence-electron chi connectivity index (χ2n) is 12.9. The van der Waals surface area contributed by atoms with Crippen LogP contribution in [0.25, 0.3) is 66.9 Å². The van der Waals surface area contributed by atoms with Crippen LogP contribution in [-0.4, -0.2) is 25.6 Å². The summed E-state index contributed by atoms with van der Waals surface area (Å²) in [6.45, 7) is 0. The smallest absolute Gasteiger partial charge is 0.0781 e. The second kappa shape index (κ2) is 12.9. The van der Waals surface area contributed by atoms with Gasteiger partial charge in [-0.1, -0.05) is 78.9 Å². The molecule has 0 saturated heterocycles. The molecule has 5 nitrogen and oxygen atoms in total. The van der Waals surface area contributed by atoms with Crippen LogP contribution in [0.5, 0.6) is 0 Å². The van der Waals surface area contributed by atoms with Crippen molar-refractivity contribution < 1.29 is 0 Å². The van der Waals surface area contributed by atoms with Gasteiger partial charge in [-0.2, -0.15) is 0 Å². The molecule has 0 spiro atoms. The van der Waals surface area contributed by atoms with Gasteiger partial charge in [0.25, 0.3) is 0 Å². The Labute approximate surface area is 291 Å². The summed E-state index contributed by atoms with van der Waals surface area (Å²) in [7, 11) is 0. The molecule has 5 heterocycles. The Hall–Kier alpha value is -6.33. The lowest BCUT2D eigenvalue weighted by molar-refractivity contribution is 0.624. The molecule has 9 rings (SSSR count). The molecule has 1 aliphatic heterocycles. The fraction of sp³-hybridized carbons (Fsp3) is 0.0889. The van der Waals surface area contributed by atoms with E-state index in [0.29, 0.717) is 5.92 Å². The van der Waals surface area contributed by atoms with E-state index < -0.39 is 0 Å². The molecule has 2 aliphatic rings. The Morgan fingerprint density at radius 2 is 1.22 bits per heavy atom. The molecule has 238 valence electrons. The minimum Gasteiger partial charge on any atom is -0.265 e. The predicted octanol–water partition coefficient (Wildman–Crippen LogP) is 10.9. The van der Waals surface area contributed by atoms with Crippen LogP contribution in [0.1, 0.15) is 18.4 Å². The van der Waals surface area contributed by atoms with Crippen LogP contribution in [0.2, 0.25) is 0 Å². The first kappa shape index (κ1) is 29.8. The first-order valence-electron chi connectivity index (χ1n) is 17.1. The molecule has 7 aromatic rings. The maximum Gasteiger partial charge on any atom is 0.0781 e. The molecule has 0 radical (unpaired) electrons. The number of benzene rings is 3. The molecular formula is C45H33N5. The summed E-state index contributed by atoms with van der Waals surface area (Å²) in [5.41, 5.74) is 15.0. The highest BCUT2D eigenvalue weighted by Gasteiger charge is 2.27. The van der Waals surface area contributed by atoms with Gasteiger partial charge in [0.05, 0.1) is 28.3 Å². The number of hydrogen-bond acceptors (Lipinski definition) is 5. The normalized spacial score (nSPS) is 15.1. The SMILES string of the molecule is C1=CCCC2Cc3c(-c4ccc(-c5cccc(-c6cc(-c7ccncc7)nc(-c7ccncc7)c6)c5)cc4)nc4ccccc4c3N=C2C=C1. The molecule has 0 fully saturated rings. The van der Waals surface area contributed by atoms with Gasteiger partial charge >= 0.3 is 0 Å². The van der Waals surface area contributed by atoms with E-state index >= 15 is 0 Å². The largest absolute Gasteiger partial charge is 0.265 e. The third-order valence-corrected chi connectivity index (χ3v) is 9.73. The number of pyridine rings is 4. The number of allylic oxidation sites excluding steroid dienone is 4. The number of fused-ring (bicyclic) bond motifs is 4. The number of hydrogen-bond donors (Lipinski definition) is 0. The van der Waals surface area contributed by atoms with Crippen molar-refractivity contribution in [3.63, 3.8) is 0 Å². The summed E-state index contributed by atoms with van der Waals surface area (Å²) in [6.07, 6.45) is 19.0. The van der Waals surface area contributed by atoms with Crippen molar-refractivity contribution in [2.45, 2.75) is 19.3 Å². The highest BCUT2D eigenvalue weighted by Crippen LogP contribution is 2.42. The first-order valence-corrected chi connectivity index (χ1v) is 17.1. The first-order chi connectivity index (χ1) is 24.8. The summed E-state index contributed by atoms with van der Waals surface area (Å²) in [5.74, 6) is 0.388. The summed E-state index contributed by atoms with van der Waals surface area (Å²) in [6, 6.07) is 38.3. The lowest BCUT2D eigenvalue weighted by Crippen LogP contribution is -2.20. The van der Waals surface area contributed by atoms with E-state index in [9.17, 15) is 0 Å². The average Bonchev–Trinajstić information content (AvgIpc) is 3.18. The van der Waals surface area contributed by atoms with Crippen LogP contribution < -0.4 is 0 Å². The Morgan fingerprint density at radius 1 is 0.540 bits per heavy atom. The lowest BCUT2D eigenvalue weighted by Gasteiger charge is -2.26. The van der Waals surface area contributed by atoms with Gasteiger partial charge in [0.2, 0.25) is 0 Å². The van der Waals surface area contributed by atoms with Crippen molar-refractivity contribution in [1.29, 1.82) is 0 Å². The maximum absolute atomic E-state index is 5.28. The zero-order valence-electron chi connectivity index (χ0n) is 27.4. The fourth-order valence-electron chi connectivity index (χ4n) is 7.15. The van der Waals surface area contributed by atoms with Crippen LogP contribution in [0.4, 0.5) is 5.69 Å². The van der Waals surface area contributed by atoms with E-state index in [1.54, 1.807) is 24.8 Å². The number of aromatic nitrogens is 4. The fourth-order valence-corrected chi connectivity index (χ4v) is 7.15. The van der Waals surface area contributed by atoms with E-state index in [-0.39, 0.29) is 0 Å². The summed E-state index contributed by atoms with van der Waals surface area (Å²) in [5, 5.41) is 1.12. The van der Waals surface area contributed by atoms with Crippen molar-refractivity contribution in [1.82, 2.24) is 19.9 Å². The van der Waals surface area contributed by atoms with Gasteiger partial charge < -0.3 is 0 Å². The van der Waals surface area contributed by atoms with Crippen LogP contribution in [-0.2, 0) is 6.42 Å². The summed E-state index contributed by atoms with van der Waals surface area (Å²) < 4.78 is 0. The Morgan fingerprint density at radius 3 is 1.96 bits per heavy atom. The second-order valence-corrected chi connectivity index (χ2v) is 12.9. The van der Waals surface area contributed by atoms with Gasteiger partial charge in [-0.3, -0.25) is 15.0 Å². The van der Waals surface area contributed by atoms with Gasteiger partial charge in [-0.05, 0) is 96.1 Å². The molecule has 0 saturated carbocycles. The monoisotopic (exact) mass is 643 g/mol. The van der Waals surface area contributed by atoms with Crippen molar-refractivity contribution >= 4 is 22.3 Å². The van der Waals surface area contributed by atoms with Gasteiger partial charge in [0, 0.05) is 64.1 Å². The molecule has 0 amide bonds. The maximum atomic E-state index is 5.28. The van der Waals surface area contributed by atoms with Gasteiger partial charge in [-0.25, -0.2) is 9.97 Å². The topological polar surface area (TPSA) is 63.9 Å². The number of para-hydroxylation sites is 1.